The zero-order chi connectivity index (χ0) is 12.1. The van der Waals surface area contributed by atoms with Crippen molar-refractivity contribution in [3.8, 4) is 0 Å². The number of amides is 2. The Morgan fingerprint density at radius 2 is 1.87 bits per heavy atom. The molecule has 0 saturated carbocycles. The SMILES string of the molecule is CCN(CC(=O)O)C(=O)NC(C)(C)CC. The van der Waals surface area contributed by atoms with Gasteiger partial charge in [0.25, 0.3) is 0 Å². The summed E-state index contributed by atoms with van der Waals surface area (Å²) < 4.78 is 0. The van der Waals surface area contributed by atoms with E-state index in [1.54, 1.807) is 6.92 Å². The summed E-state index contributed by atoms with van der Waals surface area (Å²) in [4.78, 5) is 23.4. The average Bonchev–Trinajstić information content (AvgIpc) is 2.13. The van der Waals surface area contributed by atoms with Crippen molar-refractivity contribution in [2.24, 2.45) is 0 Å². The number of hydrogen-bond donors (Lipinski definition) is 2. The van der Waals surface area contributed by atoms with Crippen LogP contribution in [0.4, 0.5) is 4.79 Å². The number of nitrogens with zero attached hydrogens (tertiary/aromatic N) is 1. The minimum Gasteiger partial charge on any atom is -0.480 e. The molecule has 0 unspecified atom stereocenters. The van der Waals surface area contributed by atoms with Crippen molar-refractivity contribution in [1.82, 2.24) is 10.2 Å². The van der Waals surface area contributed by atoms with E-state index in [4.69, 9.17) is 5.11 Å². The molecule has 0 aromatic carbocycles. The molecule has 5 heteroatoms. The lowest BCUT2D eigenvalue weighted by molar-refractivity contribution is -0.137. The van der Waals surface area contributed by atoms with Gasteiger partial charge in [-0.25, -0.2) is 4.79 Å². The quantitative estimate of drug-likeness (QED) is 0.727. The zero-order valence-corrected chi connectivity index (χ0v) is 9.83. The van der Waals surface area contributed by atoms with Crippen LogP contribution in [0.5, 0.6) is 0 Å². The lowest BCUT2D eigenvalue weighted by atomic mass is 10.0. The molecule has 0 saturated heterocycles. The van der Waals surface area contributed by atoms with E-state index in [-0.39, 0.29) is 18.1 Å². The van der Waals surface area contributed by atoms with Crippen LogP contribution in [0.25, 0.3) is 0 Å². The van der Waals surface area contributed by atoms with Crippen molar-refractivity contribution in [1.29, 1.82) is 0 Å². The fraction of sp³-hybridized carbons (Fsp3) is 0.800. The van der Waals surface area contributed by atoms with E-state index >= 15 is 0 Å². The second kappa shape index (κ2) is 5.58. The fourth-order valence-corrected chi connectivity index (χ4v) is 0.947. The van der Waals surface area contributed by atoms with E-state index in [1.807, 2.05) is 20.8 Å². The Morgan fingerprint density at radius 3 is 2.20 bits per heavy atom. The van der Waals surface area contributed by atoms with Gasteiger partial charge >= 0.3 is 12.0 Å². The number of carbonyl (C=O) groups excluding carboxylic acids is 1. The summed E-state index contributed by atoms with van der Waals surface area (Å²) >= 11 is 0. The number of aliphatic carboxylic acids is 1. The standard InChI is InChI=1S/C10H20N2O3/c1-5-10(3,4)11-9(15)12(6-2)7-8(13)14/h5-7H2,1-4H3,(H,11,15)(H,13,14). The molecule has 88 valence electrons. The molecule has 2 amide bonds. The Kier molecular flexibility index (Phi) is 5.11. The molecule has 0 aromatic rings. The van der Waals surface area contributed by atoms with Gasteiger partial charge in [-0.3, -0.25) is 4.79 Å². The van der Waals surface area contributed by atoms with E-state index < -0.39 is 5.97 Å². The van der Waals surface area contributed by atoms with Crippen molar-refractivity contribution in [2.45, 2.75) is 39.7 Å². The molecular weight excluding hydrogens is 196 g/mol. The summed E-state index contributed by atoms with van der Waals surface area (Å²) in [6, 6.07) is -0.327. The zero-order valence-electron chi connectivity index (χ0n) is 9.83. The van der Waals surface area contributed by atoms with Crippen LogP contribution < -0.4 is 5.32 Å². The van der Waals surface area contributed by atoms with Crippen LogP contribution in [0.2, 0.25) is 0 Å². The first-order valence-electron chi connectivity index (χ1n) is 5.11. The third kappa shape index (κ3) is 5.24. The minimum absolute atomic E-state index is 0.262. The van der Waals surface area contributed by atoms with Crippen LogP contribution in [0.15, 0.2) is 0 Å². The van der Waals surface area contributed by atoms with E-state index in [9.17, 15) is 9.59 Å². The summed E-state index contributed by atoms with van der Waals surface area (Å²) in [6.07, 6.45) is 0.795. The average molecular weight is 216 g/mol. The third-order valence-electron chi connectivity index (χ3n) is 2.32. The van der Waals surface area contributed by atoms with E-state index in [0.717, 1.165) is 6.42 Å². The van der Waals surface area contributed by atoms with Crippen molar-refractivity contribution < 1.29 is 14.7 Å². The summed E-state index contributed by atoms with van der Waals surface area (Å²) in [6.45, 7) is 7.65. The Labute approximate surface area is 90.5 Å². The molecule has 0 heterocycles. The van der Waals surface area contributed by atoms with Crippen LogP contribution in [0.1, 0.15) is 34.1 Å². The van der Waals surface area contributed by atoms with Gasteiger partial charge in [0.1, 0.15) is 6.54 Å². The van der Waals surface area contributed by atoms with E-state index in [0.29, 0.717) is 6.54 Å². The van der Waals surface area contributed by atoms with Crippen molar-refractivity contribution in [2.75, 3.05) is 13.1 Å². The summed E-state index contributed by atoms with van der Waals surface area (Å²) in [5.41, 5.74) is -0.303. The molecule has 0 aliphatic carbocycles. The van der Waals surface area contributed by atoms with Crippen molar-refractivity contribution in [3.05, 3.63) is 0 Å². The highest BCUT2D eigenvalue weighted by atomic mass is 16.4. The number of hydrogen-bond acceptors (Lipinski definition) is 2. The second-order valence-corrected chi connectivity index (χ2v) is 4.08. The molecule has 0 rings (SSSR count). The van der Waals surface area contributed by atoms with Gasteiger partial charge in [-0.2, -0.15) is 0 Å². The second-order valence-electron chi connectivity index (χ2n) is 4.08. The summed E-state index contributed by atoms with van der Waals surface area (Å²) in [7, 11) is 0. The molecule has 0 aliphatic heterocycles. The molecule has 0 spiro atoms. The van der Waals surface area contributed by atoms with E-state index in [2.05, 4.69) is 5.32 Å². The maximum atomic E-state index is 11.6. The van der Waals surface area contributed by atoms with Gasteiger partial charge in [0.05, 0.1) is 0 Å². The topological polar surface area (TPSA) is 69.6 Å². The van der Waals surface area contributed by atoms with Gasteiger partial charge in [-0.15, -0.1) is 0 Å². The Balaban J connectivity index is 4.34. The molecule has 0 fully saturated rings. The molecule has 0 bridgehead atoms. The molecule has 5 nitrogen and oxygen atoms in total. The van der Waals surface area contributed by atoms with Gasteiger partial charge in [0.2, 0.25) is 0 Å². The minimum atomic E-state index is -0.999. The molecule has 0 aliphatic rings. The van der Waals surface area contributed by atoms with Gasteiger partial charge in [-0.05, 0) is 27.2 Å². The normalized spacial score (nSPS) is 10.9. The molecule has 0 radical (unpaired) electrons. The number of rotatable bonds is 5. The number of nitrogens with one attached hydrogen (secondary N) is 1. The number of carboxylic acids is 1. The fourth-order valence-electron chi connectivity index (χ4n) is 0.947. The Hall–Kier alpha value is -1.26. The monoisotopic (exact) mass is 216 g/mol. The Morgan fingerprint density at radius 1 is 1.33 bits per heavy atom. The maximum absolute atomic E-state index is 11.6. The molecule has 0 aromatic heterocycles. The summed E-state index contributed by atoms with van der Waals surface area (Å²) in [5.74, 6) is -0.999. The van der Waals surface area contributed by atoms with Crippen LogP contribution in [-0.2, 0) is 4.79 Å². The first-order valence-corrected chi connectivity index (χ1v) is 5.11. The Bertz CT molecular complexity index is 239. The van der Waals surface area contributed by atoms with Gasteiger partial charge in [0.15, 0.2) is 0 Å². The predicted octanol–water partition coefficient (Wildman–Crippen LogP) is 1.29. The predicted molar refractivity (Wildman–Crippen MR) is 57.8 cm³/mol. The van der Waals surface area contributed by atoms with E-state index in [1.165, 1.54) is 4.90 Å². The lowest BCUT2D eigenvalue weighted by Gasteiger charge is -2.28. The van der Waals surface area contributed by atoms with Gasteiger partial charge < -0.3 is 15.3 Å². The highest BCUT2D eigenvalue weighted by molar-refractivity contribution is 5.80. The number of carboxylic acid groups (broad SMARTS) is 1. The van der Waals surface area contributed by atoms with Gasteiger partial charge in [0, 0.05) is 12.1 Å². The largest absolute Gasteiger partial charge is 0.480 e. The molecule has 2 N–H and O–H groups in total. The molecule has 0 atom stereocenters. The van der Waals surface area contributed by atoms with Crippen LogP contribution in [0.3, 0.4) is 0 Å². The number of likely N-dealkylation sites (N-methyl/N-ethyl adjacent to an activating group) is 1. The number of carbonyl (C=O) groups is 2. The van der Waals surface area contributed by atoms with Crippen LogP contribution in [-0.4, -0.2) is 40.6 Å². The summed E-state index contributed by atoms with van der Waals surface area (Å²) in [5, 5.41) is 11.4. The maximum Gasteiger partial charge on any atom is 0.323 e. The highest BCUT2D eigenvalue weighted by Gasteiger charge is 2.22. The van der Waals surface area contributed by atoms with Crippen molar-refractivity contribution in [3.63, 3.8) is 0 Å². The smallest absolute Gasteiger partial charge is 0.323 e. The molecular formula is C10H20N2O3. The number of urea groups is 1. The molecule has 15 heavy (non-hydrogen) atoms. The third-order valence-corrected chi connectivity index (χ3v) is 2.32. The lowest BCUT2D eigenvalue weighted by Crippen LogP contribution is -2.50. The first kappa shape index (κ1) is 13.7. The first-order chi connectivity index (χ1) is 6.82. The highest BCUT2D eigenvalue weighted by Crippen LogP contribution is 2.07. The van der Waals surface area contributed by atoms with Crippen LogP contribution >= 0.6 is 0 Å². The van der Waals surface area contributed by atoms with Crippen molar-refractivity contribution >= 4 is 12.0 Å². The van der Waals surface area contributed by atoms with Gasteiger partial charge in [-0.1, -0.05) is 6.92 Å². The van der Waals surface area contributed by atoms with Crippen LogP contribution in [0, 0.1) is 0 Å².